The van der Waals surface area contributed by atoms with Crippen LogP contribution in [0.4, 0.5) is 10.1 Å². The van der Waals surface area contributed by atoms with Crippen molar-refractivity contribution in [1.82, 2.24) is 25.3 Å². The van der Waals surface area contributed by atoms with Crippen LogP contribution >= 0.6 is 0 Å². The molecule has 37 heavy (non-hydrogen) atoms. The number of nitrogens with zero attached hydrogens (tertiary/aromatic N) is 5. The van der Waals surface area contributed by atoms with Gasteiger partial charge in [-0.1, -0.05) is 25.1 Å². The largest absolute Gasteiger partial charge is 0.494 e. The number of sulfonamides is 1. The van der Waals surface area contributed by atoms with Crippen molar-refractivity contribution in [1.29, 1.82) is 0 Å². The summed E-state index contributed by atoms with van der Waals surface area (Å²) >= 11 is 0. The lowest BCUT2D eigenvalue weighted by Crippen LogP contribution is -2.54. The van der Waals surface area contributed by atoms with E-state index >= 15 is 0 Å². The van der Waals surface area contributed by atoms with Crippen LogP contribution in [0, 0.1) is 12.7 Å². The van der Waals surface area contributed by atoms with Crippen LogP contribution in [0.2, 0.25) is 0 Å². The van der Waals surface area contributed by atoms with Crippen LogP contribution in [0.15, 0.2) is 46.3 Å². The maximum absolute atomic E-state index is 13.2. The number of ether oxygens (including phenoxy) is 2. The predicted octanol–water partition coefficient (Wildman–Crippen LogP) is 2.81. The summed E-state index contributed by atoms with van der Waals surface area (Å²) < 4.78 is 58.7. The standard InChI is InChI=1S/C21H24FN7O5S.C2H6.H2/c1-12-8-17(34-27-12)20-25-26-21(29(20)19-15(32-3)6-5-7-16(19)33-4)28-35(30,31)13(2)9-18-23-10-14(22)11-24-18;1-2;/h5-8,10-11,13,21,26,28H,9H2,1-4H3;1-2H3;1H/t13-,21?;;/m1../s1. The first-order valence-electron chi connectivity index (χ1n) is 11.5. The van der Waals surface area contributed by atoms with E-state index in [0.717, 1.165) is 12.4 Å². The van der Waals surface area contributed by atoms with Crippen LogP contribution < -0.4 is 24.5 Å². The number of para-hydroxylation sites is 1. The van der Waals surface area contributed by atoms with Crippen molar-refractivity contribution in [2.45, 2.75) is 45.7 Å². The number of nitrogens with one attached hydrogen (secondary N) is 2. The highest BCUT2D eigenvalue weighted by Crippen LogP contribution is 2.40. The molecule has 14 heteroatoms. The van der Waals surface area contributed by atoms with Crippen molar-refractivity contribution in [2.75, 3.05) is 19.1 Å². The summed E-state index contributed by atoms with van der Waals surface area (Å²) in [6.45, 7) is 7.25. The fourth-order valence-electron chi connectivity index (χ4n) is 3.47. The van der Waals surface area contributed by atoms with E-state index in [9.17, 15) is 12.8 Å². The molecule has 0 saturated carbocycles. The van der Waals surface area contributed by atoms with Crippen LogP contribution in [0.25, 0.3) is 0 Å². The zero-order valence-corrected chi connectivity index (χ0v) is 22.2. The Balaban J connectivity index is 0.00000165. The molecule has 0 fully saturated rings. The third-order valence-electron chi connectivity index (χ3n) is 5.22. The second kappa shape index (κ2) is 12.0. The number of halogens is 1. The first-order valence-corrected chi connectivity index (χ1v) is 13.0. The number of aromatic nitrogens is 3. The predicted molar refractivity (Wildman–Crippen MR) is 137 cm³/mol. The number of aryl methyl sites for hydroxylation is 1. The lowest BCUT2D eigenvalue weighted by atomic mass is 10.2. The number of benzene rings is 1. The molecule has 2 atom stereocenters. The quantitative estimate of drug-likeness (QED) is 0.418. The van der Waals surface area contributed by atoms with E-state index in [1.165, 1.54) is 21.1 Å². The molecule has 1 aliphatic heterocycles. The Morgan fingerprint density at radius 3 is 2.38 bits per heavy atom. The summed E-state index contributed by atoms with van der Waals surface area (Å²) in [5.74, 6) is 0.975. The lowest BCUT2D eigenvalue weighted by Gasteiger charge is -2.30. The van der Waals surface area contributed by atoms with Gasteiger partial charge in [0.05, 0.1) is 37.6 Å². The van der Waals surface area contributed by atoms with Gasteiger partial charge in [-0.05, 0) is 26.0 Å². The van der Waals surface area contributed by atoms with Crippen molar-refractivity contribution in [3.63, 3.8) is 0 Å². The Labute approximate surface area is 216 Å². The van der Waals surface area contributed by atoms with Gasteiger partial charge in [-0.25, -0.2) is 22.8 Å². The molecule has 1 aromatic carbocycles. The maximum Gasteiger partial charge on any atom is 0.217 e. The average molecular weight is 538 g/mol. The Morgan fingerprint density at radius 1 is 1.22 bits per heavy atom. The SMILES string of the molecule is CC.COc1cccc(OC)c1N1C(c2cc(C)no2)=NNC1NS(=O)(=O)[C@H](C)Cc1ncc(F)cn1.[HH]. The molecule has 2 aromatic heterocycles. The minimum Gasteiger partial charge on any atom is -0.494 e. The normalized spacial score (nSPS) is 15.8. The van der Waals surface area contributed by atoms with E-state index in [4.69, 9.17) is 14.0 Å². The molecule has 1 aliphatic rings. The van der Waals surface area contributed by atoms with Gasteiger partial charge in [0.15, 0.2) is 12.1 Å². The molecule has 3 heterocycles. The highest BCUT2D eigenvalue weighted by molar-refractivity contribution is 7.90. The third-order valence-corrected chi connectivity index (χ3v) is 7.00. The van der Waals surface area contributed by atoms with Gasteiger partial charge in [0.1, 0.15) is 23.0 Å². The van der Waals surface area contributed by atoms with E-state index in [2.05, 4.69) is 30.4 Å². The third kappa shape index (κ3) is 6.14. The van der Waals surface area contributed by atoms with Crippen molar-refractivity contribution in [3.8, 4) is 11.5 Å². The number of anilines is 1. The van der Waals surface area contributed by atoms with Gasteiger partial charge in [-0.15, -0.1) is 0 Å². The Kier molecular flexibility index (Phi) is 8.99. The van der Waals surface area contributed by atoms with Crippen molar-refractivity contribution in [3.05, 3.63) is 59.8 Å². The highest BCUT2D eigenvalue weighted by atomic mass is 32.2. The molecule has 202 valence electrons. The first-order chi connectivity index (χ1) is 17.7. The fraction of sp³-hybridized carbons (Fsp3) is 0.391. The van der Waals surface area contributed by atoms with E-state index < -0.39 is 27.4 Å². The molecule has 3 aromatic rings. The summed E-state index contributed by atoms with van der Waals surface area (Å²) in [5.41, 5.74) is 3.82. The number of amidine groups is 1. The number of hydrogen-bond donors (Lipinski definition) is 2. The number of hydrogen-bond acceptors (Lipinski definition) is 11. The number of rotatable bonds is 9. The zero-order valence-electron chi connectivity index (χ0n) is 21.4. The Hall–Kier alpha value is -3.78. The summed E-state index contributed by atoms with van der Waals surface area (Å²) in [6.07, 6.45) is 0.878. The van der Waals surface area contributed by atoms with Gasteiger partial charge in [0, 0.05) is 13.9 Å². The van der Waals surface area contributed by atoms with Gasteiger partial charge in [-0.3, -0.25) is 10.3 Å². The van der Waals surface area contributed by atoms with E-state index in [0.29, 0.717) is 28.6 Å². The average Bonchev–Trinajstić information content (AvgIpc) is 3.51. The molecule has 0 aliphatic carbocycles. The van der Waals surface area contributed by atoms with E-state index in [1.807, 2.05) is 13.8 Å². The number of methoxy groups -OCH3 is 2. The molecule has 0 bridgehead atoms. The fourth-order valence-corrected chi connectivity index (χ4v) is 4.54. The maximum atomic E-state index is 13.2. The van der Waals surface area contributed by atoms with Crippen LogP contribution in [0.1, 0.15) is 39.5 Å². The molecule has 0 amide bonds. The molecule has 12 nitrogen and oxygen atoms in total. The molecule has 0 spiro atoms. The summed E-state index contributed by atoms with van der Waals surface area (Å²) in [4.78, 5) is 9.24. The van der Waals surface area contributed by atoms with Gasteiger partial charge in [0.2, 0.25) is 21.6 Å². The van der Waals surface area contributed by atoms with Crippen molar-refractivity contribution in [2.24, 2.45) is 5.10 Å². The summed E-state index contributed by atoms with van der Waals surface area (Å²) in [6, 6.07) is 6.82. The second-order valence-corrected chi connectivity index (χ2v) is 9.81. The van der Waals surface area contributed by atoms with Crippen LogP contribution in [-0.4, -0.2) is 55.1 Å². The minimum atomic E-state index is -3.96. The van der Waals surface area contributed by atoms with Gasteiger partial charge < -0.3 is 14.0 Å². The van der Waals surface area contributed by atoms with Crippen molar-refractivity contribution < 1.29 is 28.2 Å². The topological polar surface area (TPSA) is 144 Å². The van der Waals surface area contributed by atoms with Gasteiger partial charge in [-0.2, -0.15) is 9.82 Å². The molecule has 0 saturated heterocycles. The molecular weight excluding hydrogens is 505 g/mol. The smallest absolute Gasteiger partial charge is 0.217 e. The van der Waals surface area contributed by atoms with Crippen LogP contribution in [0.5, 0.6) is 11.5 Å². The van der Waals surface area contributed by atoms with Crippen LogP contribution in [-0.2, 0) is 16.4 Å². The molecule has 1 unspecified atom stereocenters. The summed E-state index contributed by atoms with van der Waals surface area (Å²) in [7, 11) is -0.987. The molecular formula is C23H32FN7O5S. The summed E-state index contributed by atoms with van der Waals surface area (Å²) in [5, 5.41) is 7.25. The monoisotopic (exact) mass is 537 g/mol. The lowest BCUT2D eigenvalue weighted by molar-refractivity contribution is 0.391. The number of hydrazone groups is 1. The van der Waals surface area contributed by atoms with Crippen LogP contribution in [0.3, 0.4) is 0 Å². The first kappa shape index (κ1) is 27.8. The van der Waals surface area contributed by atoms with Gasteiger partial charge in [0.25, 0.3) is 0 Å². The highest BCUT2D eigenvalue weighted by Gasteiger charge is 2.39. The molecule has 4 rings (SSSR count). The molecule has 0 radical (unpaired) electrons. The second-order valence-electron chi connectivity index (χ2n) is 7.68. The van der Waals surface area contributed by atoms with Crippen molar-refractivity contribution >= 4 is 21.5 Å². The van der Waals surface area contributed by atoms with E-state index in [-0.39, 0.29) is 19.5 Å². The Bertz CT molecular complexity index is 1320. The van der Waals surface area contributed by atoms with Gasteiger partial charge >= 0.3 is 0 Å². The molecule has 2 N–H and O–H groups in total. The Morgan fingerprint density at radius 2 is 1.84 bits per heavy atom. The van der Waals surface area contributed by atoms with E-state index in [1.54, 1.807) is 36.1 Å². The minimum absolute atomic E-state index is 0. The zero-order chi connectivity index (χ0) is 27.2.